The fourth-order valence-corrected chi connectivity index (χ4v) is 6.43. The van der Waals surface area contributed by atoms with Crippen LogP contribution in [0.4, 0.5) is 11.4 Å². The number of aryl methyl sites for hydroxylation is 1. The first kappa shape index (κ1) is 26.4. The summed E-state index contributed by atoms with van der Waals surface area (Å²) in [7, 11) is -1.71. The number of H-pyrrole nitrogens is 1. The van der Waals surface area contributed by atoms with E-state index in [2.05, 4.69) is 20.0 Å². The average Bonchev–Trinajstić information content (AvgIpc) is 3.37. The summed E-state index contributed by atoms with van der Waals surface area (Å²) >= 11 is 0. The molecule has 9 nitrogen and oxygen atoms in total. The molecule has 2 aliphatic heterocycles. The van der Waals surface area contributed by atoms with Crippen molar-refractivity contribution in [1.29, 1.82) is 0 Å². The van der Waals surface area contributed by atoms with Gasteiger partial charge in [-0.1, -0.05) is 24.3 Å². The Morgan fingerprint density at radius 3 is 2.56 bits per heavy atom. The van der Waals surface area contributed by atoms with Crippen molar-refractivity contribution < 1.29 is 18.0 Å². The number of carbonyl (C=O) groups is 2. The average molecular weight is 544 g/mol. The van der Waals surface area contributed by atoms with Crippen LogP contribution in [0.2, 0.25) is 0 Å². The van der Waals surface area contributed by atoms with Crippen LogP contribution in [0.15, 0.2) is 47.4 Å². The molecule has 2 N–H and O–H groups in total. The highest BCUT2D eigenvalue weighted by Gasteiger charge is 2.29. The van der Waals surface area contributed by atoms with E-state index in [4.69, 9.17) is 6.57 Å². The smallest absolute Gasteiger partial charge is 0.256 e. The highest BCUT2D eigenvalue weighted by atomic mass is 32.2. The first-order chi connectivity index (χ1) is 18.6. The lowest BCUT2D eigenvalue weighted by Gasteiger charge is -2.32. The van der Waals surface area contributed by atoms with Gasteiger partial charge in [-0.15, -0.1) is 0 Å². The third kappa shape index (κ3) is 5.11. The van der Waals surface area contributed by atoms with Crippen LogP contribution in [0.25, 0.3) is 16.5 Å². The number of aromatic amines is 1. The number of carbonyl (C=O) groups excluding carboxylic acids is 2. The summed E-state index contributed by atoms with van der Waals surface area (Å²) in [6.45, 7) is 13.8. The van der Waals surface area contributed by atoms with E-state index in [1.807, 2.05) is 25.8 Å². The van der Waals surface area contributed by atoms with Crippen LogP contribution in [0.5, 0.6) is 0 Å². The van der Waals surface area contributed by atoms with E-state index in [0.29, 0.717) is 52.4 Å². The lowest BCUT2D eigenvalue weighted by atomic mass is 10.0. The maximum Gasteiger partial charge on any atom is 0.256 e. The van der Waals surface area contributed by atoms with Crippen molar-refractivity contribution in [2.45, 2.75) is 24.5 Å². The molecule has 200 valence electrons. The van der Waals surface area contributed by atoms with Crippen LogP contribution in [-0.4, -0.2) is 68.2 Å². The molecule has 0 saturated carbocycles. The number of hydrogen-bond acceptors (Lipinski definition) is 5. The number of anilines is 1. The van der Waals surface area contributed by atoms with Crippen LogP contribution in [0.1, 0.15) is 38.4 Å². The van der Waals surface area contributed by atoms with Gasteiger partial charge in [0.05, 0.1) is 28.4 Å². The van der Waals surface area contributed by atoms with Gasteiger partial charge in [-0.25, -0.2) is 13.3 Å². The number of fused-ring (bicyclic) bond motifs is 1. The van der Waals surface area contributed by atoms with Crippen LogP contribution in [0.3, 0.4) is 0 Å². The number of likely N-dealkylation sites (N-methyl/N-ethyl adjacent to an activating group) is 1. The second-order valence-corrected chi connectivity index (χ2v) is 12.0. The van der Waals surface area contributed by atoms with E-state index < -0.39 is 9.84 Å². The predicted octanol–water partition coefficient (Wildman–Crippen LogP) is 4.04. The van der Waals surface area contributed by atoms with E-state index in [1.165, 1.54) is 12.1 Å². The quantitative estimate of drug-likeness (QED) is 0.373. The largest absolute Gasteiger partial charge is 0.358 e. The maximum absolute atomic E-state index is 13.3. The molecule has 0 atom stereocenters. The third-order valence-electron chi connectivity index (χ3n) is 7.30. The summed E-state index contributed by atoms with van der Waals surface area (Å²) in [6.07, 6.45) is 1.68. The van der Waals surface area contributed by atoms with E-state index in [-0.39, 0.29) is 22.5 Å². The third-order valence-corrected chi connectivity index (χ3v) is 8.98. The van der Waals surface area contributed by atoms with Gasteiger partial charge in [0.1, 0.15) is 0 Å². The van der Waals surface area contributed by atoms with E-state index in [1.54, 1.807) is 36.4 Å². The van der Waals surface area contributed by atoms with Crippen molar-refractivity contribution in [3.05, 3.63) is 87.5 Å². The molecule has 0 bridgehead atoms. The van der Waals surface area contributed by atoms with Gasteiger partial charge in [-0.2, -0.15) is 0 Å². The zero-order chi connectivity index (χ0) is 27.9. The molecule has 0 radical (unpaired) electrons. The first-order valence-corrected chi connectivity index (χ1v) is 14.3. The Bertz CT molecular complexity index is 1670. The van der Waals surface area contributed by atoms with Crippen molar-refractivity contribution >= 4 is 44.7 Å². The zero-order valence-electron chi connectivity index (χ0n) is 22.0. The number of sulfone groups is 1. The number of nitrogens with zero attached hydrogens (tertiary/aromatic N) is 3. The molecule has 2 amide bonds. The lowest BCUT2D eigenvalue weighted by molar-refractivity contribution is -0.110. The highest BCUT2D eigenvalue weighted by Crippen LogP contribution is 2.36. The number of nitrogens with one attached hydrogen (secondary N) is 2. The lowest BCUT2D eigenvalue weighted by Crippen LogP contribution is -2.47. The normalized spacial score (nSPS) is 16.7. The molecule has 0 spiro atoms. The van der Waals surface area contributed by atoms with Crippen molar-refractivity contribution in [2.24, 2.45) is 0 Å². The Balaban J connectivity index is 1.47. The molecule has 2 aromatic carbocycles. The monoisotopic (exact) mass is 543 g/mol. The van der Waals surface area contributed by atoms with Gasteiger partial charge in [-0.3, -0.25) is 9.59 Å². The summed E-state index contributed by atoms with van der Waals surface area (Å²) in [5.41, 5.74) is 4.91. The van der Waals surface area contributed by atoms with Gasteiger partial charge >= 0.3 is 0 Å². The minimum Gasteiger partial charge on any atom is -0.358 e. The van der Waals surface area contributed by atoms with E-state index in [9.17, 15) is 18.0 Å². The number of amides is 2. The number of benzene rings is 2. The van der Waals surface area contributed by atoms with Gasteiger partial charge in [-0.05, 0) is 56.3 Å². The fraction of sp³-hybridized carbons (Fsp3) is 0.276. The fourth-order valence-electron chi connectivity index (χ4n) is 5.07. The minimum absolute atomic E-state index is 0.0362. The summed E-state index contributed by atoms with van der Waals surface area (Å²) < 4.78 is 26.5. The van der Waals surface area contributed by atoms with Gasteiger partial charge in [0.2, 0.25) is 0 Å². The standard InChI is InChI=1S/C29H29N5O4S/c1-18-26(31-19(2)27(18)29(36)34-12-10-33(4)11-13-34)16-24-23-15-22(8-9-25(23)32-28(24)35)39(37,38)17-20-6-5-7-21(14-20)30-3/h5-9,14-16,31H,10-13,17H2,1-2,4H3,(H,32,35). The number of hydrogen-bond donors (Lipinski definition) is 2. The van der Waals surface area contributed by atoms with Crippen LogP contribution < -0.4 is 5.32 Å². The topological polar surface area (TPSA) is 107 Å². The Kier molecular flexibility index (Phi) is 6.89. The second-order valence-electron chi connectivity index (χ2n) is 10.0. The predicted molar refractivity (Wildman–Crippen MR) is 150 cm³/mol. The summed E-state index contributed by atoms with van der Waals surface area (Å²) in [5.74, 6) is -0.642. The molecule has 2 aliphatic rings. The number of piperazine rings is 1. The molecule has 39 heavy (non-hydrogen) atoms. The molecule has 1 aromatic heterocycles. The summed E-state index contributed by atoms with van der Waals surface area (Å²) in [5, 5.41) is 2.80. The number of rotatable bonds is 5. The van der Waals surface area contributed by atoms with Gasteiger partial charge in [0.25, 0.3) is 11.8 Å². The summed E-state index contributed by atoms with van der Waals surface area (Å²) in [6, 6.07) is 11.1. The van der Waals surface area contributed by atoms with Crippen LogP contribution in [0, 0.1) is 20.4 Å². The van der Waals surface area contributed by atoms with Crippen molar-refractivity contribution in [2.75, 3.05) is 38.5 Å². The van der Waals surface area contributed by atoms with Gasteiger partial charge in [0, 0.05) is 48.8 Å². The van der Waals surface area contributed by atoms with Gasteiger partial charge in [0.15, 0.2) is 15.5 Å². The second kappa shape index (κ2) is 10.2. The highest BCUT2D eigenvalue weighted by molar-refractivity contribution is 7.90. The summed E-state index contributed by atoms with van der Waals surface area (Å²) in [4.78, 5) is 37.0. The van der Waals surface area contributed by atoms with Crippen molar-refractivity contribution in [3.8, 4) is 0 Å². The molecule has 3 aromatic rings. The Hall–Kier alpha value is -4.20. The minimum atomic E-state index is -3.74. The van der Waals surface area contributed by atoms with Crippen LogP contribution >= 0.6 is 0 Å². The van der Waals surface area contributed by atoms with Crippen molar-refractivity contribution in [1.82, 2.24) is 14.8 Å². The molecule has 10 heteroatoms. The van der Waals surface area contributed by atoms with Crippen LogP contribution in [-0.2, 0) is 20.4 Å². The molecule has 3 heterocycles. The first-order valence-electron chi connectivity index (χ1n) is 12.6. The zero-order valence-corrected chi connectivity index (χ0v) is 22.9. The molecule has 1 fully saturated rings. The Morgan fingerprint density at radius 2 is 1.85 bits per heavy atom. The maximum atomic E-state index is 13.3. The van der Waals surface area contributed by atoms with Crippen molar-refractivity contribution in [3.63, 3.8) is 0 Å². The van der Waals surface area contributed by atoms with Gasteiger partial charge < -0.3 is 20.1 Å². The van der Waals surface area contributed by atoms with E-state index >= 15 is 0 Å². The molecule has 1 saturated heterocycles. The Morgan fingerprint density at radius 1 is 1.10 bits per heavy atom. The molecular formula is C29H29N5O4S. The molecular weight excluding hydrogens is 514 g/mol. The molecule has 0 aliphatic carbocycles. The SMILES string of the molecule is [C-]#[N+]c1cccc(CS(=O)(=O)c2ccc3c(c2)C(=Cc2[nH]c(C)c(C(=O)N4CCN(C)CC4)c2C)C(=O)N3)c1. The van der Waals surface area contributed by atoms with E-state index in [0.717, 1.165) is 24.3 Å². The molecule has 0 unspecified atom stereocenters. The molecule has 5 rings (SSSR count). The number of aromatic nitrogens is 1. The Labute approximate surface area is 227 Å².